The van der Waals surface area contributed by atoms with E-state index in [4.69, 9.17) is 11.6 Å². The van der Waals surface area contributed by atoms with Crippen molar-refractivity contribution >= 4 is 38.9 Å². The molecule has 124 valence electrons. The molecule has 9 heteroatoms. The minimum Gasteiger partial charge on any atom is -0.480 e. The van der Waals surface area contributed by atoms with Gasteiger partial charge in [-0.3, -0.25) is 9.69 Å². The zero-order valence-corrected chi connectivity index (χ0v) is 14.6. The molecule has 0 bridgehead atoms. The van der Waals surface area contributed by atoms with E-state index in [0.29, 0.717) is 43.4 Å². The van der Waals surface area contributed by atoms with Crippen molar-refractivity contribution in [3.8, 4) is 0 Å². The maximum Gasteiger partial charge on any atom is 0.320 e. The Hall–Kier alpha value is -0.670. The maximum atomic E-state index is 12.6. The average Bonchev–Trinajstić information content (AvgIpc) is 2.74. The standard InChI is InChI=1S/C13H19ClN2O4S2/c1-2-10(13(17)18)15-6-3-7-16(9-8-15)22(19,20)12-5-4-11(14)21-12/h4-5,10H,2-3,6-9H2,1H3,(H,17,18). The lowest BCUT2D eigenvalue weighted by atomic mass is 10.2. The minimum atomic E-state index is -3.55. The molecule has 1 unspecified atom stereocenters. The number of halogens is 1. The minimum absolute atomic E-state index is 0.233. The van der Waals surface area contributed by atoms with E-state index < -0.39 is 22.0 Å². The predicted molar refractivity (Wildman–Crippen MR) is 86.0 cm³/mol. The van der Waals surface area contributed by atoms with Gasteiger partial charge in [-0.1, -0.05) is 18.5 Å². The number of nitrogens with zero attached hydrogens (tertiary/aromatic N) is 2. The van der Waals surface area contributed by atoms with Crippen molar-refractivity contribution < 1.29 is 18.3 Å². The summed E-state index contributed by atoms with van der Waals surface area (Å²) in [5.41, 5.74) is 0. The van der Waals surface area contributed by atoms with Gasteiger partial charge in [-0.2, -0.15) is 4.31 Å². The van der Waals surface area contributed by atoms with Crippen molar-refractivity contribution in [2.45, 2.75) is 30.0 Å². The Morgan fingerprint density at radius 1 is 1.36 bits per heavy atom. The zero-order chi connectivity index (χ0) is 16.3. The predicted octanol–water partition coefficient (Wildman–Crippen LogP) is 1.96. The van der Waals surface area contributed by atoms with E-state index in [2.05, 4.69) is 0 Å². The second-order valence-electron chi connectivity index (χ2n) is 5.11. The van der Waals surface area contributed by atoms with Crippen LogP contribution < -0.4 is 0 Å². The Morgan fingerprint density at radius 3 is 2.64 bits per heavy atom. The largest absolute Gasteiger partial charge is 0.480 e. The summed E-state index contributed by atoms with van der Waals surface area (Å²) in [6.45, 7) is 3.52. The van der Waals surface area contributed by atoms with Gasteiger partial charge < -0.3 is 5.11 Å². The van der Waals surface area contributed by atoms with Crippen LogP contribution in [0.2, 0.25) is 4.34 Å². The SMILES string of the molecule is CCC(C(=O)O)N1CCCN(S(=O)(=O)c2ccc(Cl)s2)CC1. The summed E-state index contributed by atoms with van der Waals surface area (Å²) in [5.74, 6) is -0.858. The van der Waals surface area contributed by atoms with Crippen LogP contribution in [0.4, 0.5) is 0 Å². The first-order valence-corrected chi connectivity index (χ1v) is 9.72. The van der Waals surface area contributed by atoms with Crippen LogP contribution in [0.3, 0.4) is 0 Å². The fourth-order valence-corrected chi connectivity index (χ4v) is 5.73. The Bertz CT molecular complexity index is 632. The van der Waals surface area contributed by atoms with Gasteiger partial charge in [0.2, 0.25) is 0 Å². The van der Waals surface area contributed by atoms with Crippen molar-refractivity contribution in [1.82, 2.24) is 9.21 Å². The first-order chi connectivity index (χ1) is 10.4. The van der Waals surface area contributed by atoms with E-state index in [-0.39, 0.29) is 4.21 Å². The molecule has 1 aliphatic heterocycles. The number of carbonyl (C=O) groups is 1. The number of sulfonamides is 1. The summed E-state index contributed by atoms with van der Waals surface area (Å²) >= 11 is 6.86. The first-order valence-electron chi connectivity index (χ1n) is 7.08. The monoisotopic (exact) mass is 366 g/mol. The second-order valence-corrected chi connectivity index (χ2v) is 8.99. The van der Waals surface area contributed by atoms with Gasteiger partial charge >= 0.3 is 5.97 Å². The highest BCUT2D eigenvalue weighted by molar-refractivity contribution is 7.91. The molecular weight excluding hydrogens is 348 g/mol. The highest BCUT2D eigenvalue weighted by Gasteiger charge is 2.31. The third-order valence-electron chi connectivity index (χ3n) is 3.74. The fourth-order valence-electron chi connectivity index (χ4n) is 2.62. The molecule has 1 N–H and O–H groups in total. The third kappa shape index (κ3) is 3.80. The van der Waals surface area contributed by atoms with Gasteiger partial charge in [0.25, 0.3) is 10.0 Å². The first kappa shape index (κ1) is 17.7. The summed E-state index contributed by atoms with van der Waals surface area (Å²) < 4.78 is 27.2. The van der Waals surface area contributed by atoms with Gasteiger partial charge in [-0.05, 0) is 25.0 Å². The number of rotatable bonds is 5. The van der Waals surface area contributed by atoms with Crippen molar-refractivity contribution in [3.63, 3.8) is 0 Å². The van der Waals surface area contributed by atoms with Gasteiger partial charge in [-0.25, -0.2) is 8.42 Å². The Kier molecular flexibility index (Phi) is 5.84. The molecule has 2 heterocycles. The molecule has 6 nitrogen and oxygen atoms in total. The average molecular weight is 367 g/mol. The molecule has 1 saturated heterocycles. The topological polar surface area (TPSA) is 77.9 Å². The molecule has 0 aliphatic carbocycles. The summed E-state index contributed by atoms with van der Waals surface area (Å²) in [4.78, 5) is 13.1. The normalized spacial score (nSPS) is 19.7. The molecule has 0 radical (unpaired) electrons. The number of hydrogen-bond acceptors (Lipinski definition) is 5. The molecule has 1 aromatic rings. The summed E-state index contributed by atoms with van der Waals surface area (Å²) in [5, 5.41) is 9.24. The van der Waals surface area contributed by atoms with Crippen LogP contribution in [-0.4, -0.2) is 60.9 Å². The highest BCUT2D eigenvalue weighted by atomic mass is 35.5. The van der Waals surface area contributed by atoms with Crippen LogP contribution in [0, 0.1) is 0 Å². The van der Waals surface area contributed by atoms with Gasteiger partial charge in [0.05, 0.1) is 4.34 Å². The quantitative estimate of drug-likeness (QED) is 0.861. The molecular formula is C13H19ClN2O4S2. The molecule has 0 aromatic carbocycles. The van der Waals surface area contributed by atoms with Gasteiger partial charge in [0, 0.05) is 26.2 Å². The van der Waals surface area contributed by atoms with Crippen molar-refractivity contribution in [2.75, 3.05) is 26.2 Å². The van der Waals surface area contributed by atoms with E-state index in [1.165, 1.54) is 10.4 Å². The highest BCUT2D eigenvalue weighted by Crippen LogP contribution is 2.28. The Balaban J connectivity index is 2.11. The van der Waals surface area contributed by atoms with Crippen LogP contribution in [0.15, 0.2) is 16.3 Å². The van der Waals surface area contributed by atoms with Crippen molar-refractivity contribution in [3.05, 3.63) is 16.5 Å². The lowest BCUT2D eigenvalue weighted by Crippen LogP contribution is -2.43. The zero-order valence-electron chi connectivity index (χ0n) is 12.2. The van der Waals surface area contributed by atoms with E-state index in [1.54, 1.807) is 6.07 Å². The molecule has 0 saturated carbocycles. The lowest BCUT2D eigenvalue weighted by molar-refractivity contribution is -0.143. The summed E-state index contributed by atoms with van der Waals surface area (Å²) in [6, 6.07) is 2.52. The molecule has 2 rings (SSSR count). The number of carboxylic acids is 1. The second kappa shape index (κ2) is 7.27. The maximum absolute atomic E-state index is 12.6. The van der Waals surface area contributed by atoms with Gasteiger partial charge in [0.15, 0.2) is 0 Å². The smallest absolute Gasteiger partial charge is 0.320 e. The van der Waals surface area contributed by atoms with E-state index in [9.17, 15) is 18.3 Å². The molecule has 1 atom stereocenters. The Labute approximate surface area is 139 Å². The molecule has 0 spiro atoms. The lowest BCUT2D eigenvalue weighted by Gasteiger charge is -2.26. The van der Waals surface area contributed by atoms with E-state index >= 15 is 0 Å². The molecule has 1 aromatic heterocycles. The van der Waals surface area contributed by atoms with Crippen molar-refractivity contribution in [1.29, 1.82) is 0 Å². The van der Waals surface area contributed by atoms with Crippen LogP contribution in [0.1, 0.15) is 19.8 Å². The summed E-state index contributed by atoms with van der Waals surface area (Å²) in [7, 11) is -3.55. The fraction of sp³-hybridized carbons (Fsp3) is 0.615. The Morgan fingerprint density at radius 2 is 2.09 bits per heavy atom. The van der Waals surface area contributed by atoms with Gasteiger partial charge in [-0.15, -0.1) is 11.3 Å². The van der Waals surface area contributed by atoms with Crippen LogP contribution in [0.5, 0.6) is 0 Å². The number of thiophene rings is 1. The van der Waals surface area contributed by atoms with Crippen LogP contribution >= 0.6 is 22.9 Å². The number of aliphatic carboxylic acids is 1. The molecule has 1 aliphatic rings. The van der Waals surface area contributed by atoms with Crippen LogP contribution in [0.25, 0.3) is 0 Å². The molecule has 0 amide bonds. The van der Waals surface area contributed by atoms with Crippen LogP contribution in [-0.2, 0) is 14.8 Å². The summed E-state index contributed by atoms with van der Waals surface area (Å²) in [6.07, 6.45) is 1.12. The van der Waals surface area contributed by atoms with Crippen molar-refractivity contribution in [2.24, 2.45) is 0 Å². The molecule has 1 fully saturated rings. The third-order valence-corrected chi connectivity index (χ3v) is 7.34. The number of carboxylic acid groups (broad SMARTS) is 1. The molecule has 22 heavy (non-hydrogen) atoms. The van der Waals surface area contributed by atoms with E-state index in [1.807, 2.05) is 11.8 Å². The van der Waals surface area contributed by atoms with Gasteiger partial charge in [0.1, 0.15) is 10.3 Å². The number of hydrogen-bond donors (Lipinski definition) is 1. The van der Waals surface area contributed by atoms with E-state index in [0.717, 1.165) is 11.3 Å².